The van der Waals surface area contributed by atoms with Crippen LogP contribution in [0.25, 0.3) is 5.65 Å². The van der Waals surface area contributed by atoms with Crippen LogP contribution in [0.1, 0.15) is 24.6 Å². The zero-order valence-corrected chi connectivity index (χ0v) is 7.01. The zero-order chi connectivity index (χ0) is 8.84. The van der Waals surface area contributed by atoms with E-state index >= 15 is 0 Å². The molecule has 5 heteroatoms. The lowest BCUT2D eigenvalue weighted by Gasteiger charge is -1.97. The third-order valence-electron chi connectivity index (χ3n) is 2.32. The van der Waals surface area contributed by atoms with E-state index in [-0.39, 0.29) is 0 Å². The van der Waals surface area contributed by atoms with Crippen LogP contribution in [0.2, 0.25) is 0 Å². The van der Waals surface area contributed by atoms with Crippen LogP contribution in [0, 0.1) is 0 Å². The number of nitrogens with zero attached hydrogens (tertiary/aromatic N) is 4. The predicted molar refractivity (Wildman–Crippen MR) is 47.2 cm³/mol. The first-order chi connectivity index (χ1) is 6.36. The van der Waals surface area contributed by atoms with E-state index in [1.165, 1.54) is 12.8 Å². The Morgan fingerprint density at radius 3 is 3.00 bits per heavy atom. The summed E-state index contributed by atoms with van der Waals surface area (Å²) in [5.74, 6) is 2.04. The Bertz CT molecular complexity index is 457. The number of hydrogen-bond donors (Lipinski definition) is 1. The van der Waals surface area contributed by atoms with Crippen LogP contribution in [-0.2, 0) is 0 Å². The minimum atomic E-state index is 0.446. The Labute approximate surface area is 74.6 Å². The van der Waals surface area contributed by atoms with Crippen molar-refractivity contribution in [3.05, 3.63) is 18.2 Å². The van der Waals surface area contributed by atoms with E-state index in [4.69, 9.17) is 5.73 Å². The van der Waals surface area contributed by atoms with E-state index in [0.29, 0.717) is 17.4 Å². The largest absolute Gasteiger partial charge is 0.381 e. The van der Waals surface area contributed by atoms with Gasteiger partial charge in [0.15, 0.2) is 5.82 Å². The summed E-state index contributed by atoms with van der Waals surface area (Å²) in [7, 11) is 0. The van der Waals surface area contributed by atoms with Crippen LogP contribution in [0.3, 0.4) is 0 Å². The van der Waals surface area contributed by atoms with E-state index in [0.717, 1.165) is 5.82 Å². The molecule has 0 saturated heterocycles. The first-order valence-corrected chi connectivity index (χ1v) is 4.31. The molecular formula is C8H9N5. The van der Waals surface area contributed by atoms with Gasteiger partial charge in [0, 0.05) is 18.3 Å². The molecule has 0 atom stereocenters. The number of anilines is 1. The maximum Gasteiger partial charge on any atom is 0.203 e. The van der Waals surface area contributed by atoms with Crippen LogP contribution in [0.5, 0.6) is 0 Å². The fourth-order valence-corrected chi connectivity index (χ4v) is 1.48. The molecule has 0 spiro atoms. The van der Waals surface area contributed by atoms with Gasteiger partial charge in [-0.25, -0.2) is 4.98 Å². The first-order valence-electron chi connectivity index (χ1n) is 4.31. The quantitative estimate of drug-likeness (QED) is 0.688. The molecular weight excluding hydrogens is 166 g/mol. The molecule has 1 aliphatic carbocycles. The first kappa shape index (κ1) is 6.82. The summed E-state index contributed by atoms with van der Waals surface area (Å²) in [6.07, 6.45) is 5.96. The van der Waals surface area contributed by atoms with E-state index in [9.17, 15) is 0 Å². The Kier molecular flexibility index (Phi) is 1.15. The third-order valence-corrected chi connectivity index (χ3v) is 2.32. The average Bonchev–Trinajstić information content (AvgIpc) is 2.87. The van der Waals surface area contributed by atoms with E-state index in [1.807, 2.05) is 10.6 Å². The fourth-order valence-electron chi connectivity index (χ4n) is 1.48. The number of hydrogen-bond acceptors (Lipinski definition) is 4. The summed E-state index contributed by atoms with van der Waals surface area (Å²) in [4.78, 5) is 3.95. The Hall–Kier alpha value is -1.65. The number of nitrogen functional groups attached to an aromatic ring is 1. The van der Waals surface area contributed by atoms with Crippen LogP contribution >= 0.6 is 0 Å². The van der Waals surface area contributed by atoms with Crippen molar-refractivity contribution in [1.82, 2.24) is 19.6 Å². The summed E-state index contributed by atoms with van der Waals surface area (Å²) in [5.41, 5.74) is 6.33. The van der Waals surface area contributed by atoms with Crippen LogP contribution < -0.4 is 5.73 Å². The normalized spacial score (nSPS) is 16.6. The Balaban J connectivity index is 2.32. The second-order valence-corrected chi connectivity index (χ2v) is 3.34. The molecule has 2 heterocycles. The molecule has 1 saturated carbocycles. The molecule has 0 aromatic carbocycles. The minimum absolute atomic E-state index is 0.446. The standard InChI is InChI=1S/C8H9N5/c9-6-8-12-11-7(5-1-2-5)13(8)4-3-10-6/h3-5H,1-2H2,(H2,9,10). The maximum atomic E-state index is 5.66. The number of nitrogens with two attached hydrogens (primary N) is 1. The molecule has 2 aromatic rings. The van der Waals surface area contributed by atoms with Crippen LogP contribution in [0.15, 0.2) is 12.4 Å². The summed E-state index contributed by atoms with van der Waals surface area (Å²) in [6.45, 7) is 0. The summed E-state index contributed by atoms with van der Waals surface area (Å²) in [5, 5.41) is 8.12. The molecule has 5 nitrogen and oxygen atoms in total. The highest BCUT2D eigenvalue weighted by molar-refractivity contribution is 5.58. The fraction of sp³-hybridized carbons (Fsp3) is 0.375. The van der Waals surface area contributed by atoms with Crippen molar-refractivity contribution in [2.45, 2.75) is 18.8 Å². The van der Waals surface area contributed by atoms with Crippen molar-refractivity contribution in [3.8, 4) is 0 Å². The molecule has 0 radical (unpaired) electrons. The molecule has 13 heavy (non-hydrogen) atoms. The zero-order valence-electron chi connectivity index (χ0n) is 7.01. The lowest BCUT2D eigenvalue weighted by atomic mass is 10.4. The van der Waals surface area contributed by atoms with Crippen molar-refractivity contribution in [1.29, 1.82) is 0 Å². The monoisotopic (exact) mass is 175 g/mol. The number of fused-ring (bicyclic) bond motifs is 1. The molecule has 3 rings (SSSR count). The molecule has 0 bridgehead atoms. The van der Waals surface area contributed by atoms with E-state index in [1.54, 1.807) is 6.20 Å². The highest BCUT2D eigenvalue weighted by Crippen LogP contribution is 2.38. The topological polar surface area (TPSA) is 69.1 Å². The SMILES string of the molecule is Nc1nccn2c(C3CC3)nnc12. The highest BCUT2D eigenvalue weighted by atomic mass is 15.3. The molecule has 66 valence electrons. The maximum absolute atomic E-state index is 5.66. The van der Waals surface area contributed by atoms with Gasteiger partial charge in [-0.3, -0.25) is 4.40 Å². The molecule has 0 unspecified atom stereocenters. The van der Waals surface area contributed by atoms with Gasteiger partial charge in [-0.15, -0.1) is 10.2 Å². The highest BCUT2D eigenvalue weighted by Gasteiger charge is 2.28. The lowest BCUT2D eigenvalue weighted by molar-refractivity contribution is 0.895. The van der Waals surface area contributed by atoms with Gasteiger partial charge < -0.3 is 5.73 Å². The van der Waals surface area contributed by atoms with Gasteiger partial charge in [0.2, 0.25) is 5.65 Å². The summed E-state index contributed by atoms with van der Waals surface area (Å²) >= 11 is 0. The second-order valence-electron chi connectivity index (χ2n) is 3.34. The molecule has 2 aromatic heterocycles. The van der Waals surface area contributed by atoms with Crippen LogP contribution in [0.4, 0.5) is 5.82 Å². The van der Waals surface area contributed by atoms with Crippen molar-refractivity contribution >= 4 is 11.5 Å². The molecule has 1 aliphatic rings. The average molecular weight is 175 g/mol. The van der Waals surface area contributed by atoms with Crippen molar-refractivity contribution < 1.29 is 0 Å². The van der Waals surface area contributed by atoms with Gasteiger partial charge in [-0.1, -0.05) is 0 Å². The van der Waals surface area contributed by atoms with E-state index in [2.05, 4.69) is 15.2 Å². The van der Waals surface area contributed by atoms with Crippen molar-refractivity contribution in [2.24, 2.45) is 0 Å². The van der Waals surface area contributed by atoms with Gasteiger partial charge in [-0.05, 0) is 12.8 Å². The Morgan fingerprint density at radius 2 is 2.23 bits per heavy atom. The minimum Gasteiger partial charge on any atom is -0.381 e. The smallest absolute Gasteiger partial charge is 0.203 e. The Morgan fingerprint density at radius 1 is 1.38 bits per heavy atom. The number of rotatable bonds is 1. The third kappa shape index (κ3) is 0.898. The van der Waals surface area contributed by atoms with Gasteiger partial charge >= 0.3 is 0 Å². The molecule has 1 fully saturated rings. The predicted octanol–water partition coefficient (Wildman–Crippen LogP) is 0.584. The molecule has 0 amide bonds. The van der Waals surface area contributed by atoms with Gasteiger partial charge in [0.05, 0.1) is 0 Å². The van der Waals surface area contributed by atoms with Gasteiger partial charge in [0.25, 0.3) is 0 Å². The van der Waals surface area contributed by atoms with Gasteiger partial charge in [-0.2, -0.15) is 0 Å². The van der Waals surface area contributed by atoms with Crippen molar-refractivity contribution in [2.75, 3.05) is 5.73 Å². The van der Waals surface area contributed by atoms with Crippen LogP contribution in [-0.4, -0.2) is 19.6 Å². The summed E-state index contributed by atoms with van der Waals surface area (Å²) in [6, 6.07) is 0. The van der Waals surface area contributed by atoms with E-state index < -0.39 is 0 Å². The van der Waals surface area contributed by atoms with Crippen molar-refractivity contribution in [3.63, 3.8) is 0 Å². The summed E-state index contributed by atoms with van der Waals surface area (Å²) < 4.78 is 1.93. The number of aromatic nitrogens is 4. The lowest BCUT2D eigenvalue weighted by Crippen LogP contribution is -1.97. The molecule has 0 aliphatic heterocycles. The molecule has 2 N–H and O–H groups in total. The second kappa shape index (κ2) is 2.18. The van der Waals surface area contributed by atoms with Gasteiger partial charge in [0.1, 0.15) is 5.82 Å².